The Morgan fingerprint density at radius 1 is 0.850 bits per heavy atom. The topological polar surface area (TPSA) is 121 Å². The summed E-state index contributed by atoms with van der Waals surface area (Å²) in [5.41, 5.74) is 25.9. The van der Waals surface area contributed by atoms with Gasteiger partial charge in [-0.3, -0.25) is 4.79 Å². The van der Waals surface area contributed by atoms with E-state index in [0.29, 0.717) is 28.3 Å². The summed E-state index contributed by atoms with van der Waals surface area (Å²) in [5.74, 6) is -0.210. The first-order valence-corrected chi connectivity index (χ1v) is 6.00. The summed E-state index contributed by atoms with van der Waals surface area (Å²) in [6, 6.07) is 9.90. The molecule has 0 amide bonds. The van der Waals surface area contributed by atoms with E-state index in [4.69, 9.17) is 22.9 Å². The van der Waals surface area contributed by atoms with Crippen molar-refractivity contribution in [3.63, 3.8) is 0 Å². The van der Waals surface area contributed by atoms with Crippen LogP contribution < -0.4 is 22.9 Å². The summed E-state index contributed by atoms with van der Waals surface area (Å²) >= 11 is 0. The van der Waals surface area contributed by atoms with Crippen LogP contribution >= 0.6 is 0 Å². The summed E-state index contributed by atoms with van der Waals surface area (Å²) in [5, 5.41) is 0. The second kappa shape index (κ2) is 5.36. The highest BCUT2D eigenvalue weighted by Crippen LogP contribution is 2.19. The molecule has 2 rings (SSSR count). The van der Waals surface area contributed by atoms with Crippen LogP contribution in [0.1, 0.15) is 15.9 Å². The molecule has 8 N–H and O–H groups in total. The maximum Gasteiger partial charge on any atom is 0.187 e. The molecule has 0 fully saturated rings. The lowest BCUT2D eigenvalue weighted by molar-refractivity contribution is 0.104. The molecular formula is C15H16N4O. The third-order valence-electron chi connectivity index (χ3n) is 2.87. The Hall–Kier alpha value is -2.95. The van der Waals surface area contributed by atoms with Crippen LogP contribution in [0.25, 0.3) is 6.08 Å². The maximum absolute atomic E-state index is 12.1. The first kappa shape index (κ1) is 13.5. The first-order valence-electron chi connectivity index (χ1n) is 6.00. The van der Waals surface area contributed by atoms with Crippen molar-refractivity contribution in [2.24, 2.45) is 0 Å². The third-order valence-corrected chi connectivity index (χ3v) is 2.87. The second-order valence-corrected chi connectivity index (χ2v) is 4.43. The molecule has 5 heteroatoms. The van der Waals surface area contributed by atoms with E-state index in [9.17, 15) is 4.79 Å². The van der Waals surface area contributed by atoms with E-state index in [0.717, 1.165) is 5.56 Å². The molecule has 0 aliphatic rings. The Bertz CT molecular complexity index is 692. The number of hydrogen-bond donors (Lipinski definition) is 4. The summed E-state index contributed by atoms with van der Waals surface area (Å²) in [7, 11) is 0. The SMILES string of the molecule is Nc1ccc(/C=C/C(=O)c2ccc(N)cc2N)c(N)c1. The van der Waals surface area contributed by atoms with Gasteiger partial charge in [-0.25, -0.2) is 0 Å². The van der Waals surface area contributed by atoms with E-state index < -0.39 is 0 Å². The predicted molar refractivity (Wildman–Crippen MR) is 83.9 cm³/mol. The van der Waals surface area contributed by atoms with Crippen molar-refractivity contribution in [3.8, 4) is 0 Å². The van der Waals surface area contributed by atoms with Crippen molar-refractivity contribution < 1.29 is 4.79 Å². The minimum atomic E-state index is -0.210. The Balaban J connectivity index is 2.24. The molecule has 0 saturated heterocycles. The summed E-state index contributed by atoms with van der Waals surface area (Å²) in [4.78, 5) is 12.1. The van der Waals surface area contributed by atoms with Crippen LogP contribution in [0.15, 0.2) is 42.5 Å². The Morgan fingerprint density at radius 2 is 1.45 bits per heavy atom. The number of nitrogens with two attached hydrogens (primary N) is 4. The fraction of sp³-hybridized carbons (Fsp3) is 0. The molecule has 0 heterocycles. The standard InChI is InChI=1S/C15H16N4O/c16-10-3-1-9(13(18)7-10)2-6-15(20)12-5-4-11(17)8-14(12)19/h1-8H,16-19H2/b6-2+. The van der Waals surface area contributed by atoms with Crippen molar-refractivity contribution >= 4 is 34.6 Å². The summed E-state index contributed by atoms with van der Waals surface area (Å²) in [6.07, 6.45) is 3.05. The molecule has 0 saturated carbocycles. The van der Waals surface area contributed by atoms with Gasteiger partial charge in [0.05, 0.1) is 0 Å². The number of rotatable bonds is 3. The molecule has 2 aromatic rings. The van der Waals surface area contributed by atoms with Gasteiger partial charge < -0.3 is 22.9 Å². The average molecular weight is 268 g/mol. The quantitative estimate of drug-likeness (QED) is 0.385. The molecule has 0 unspecified atom stereocenters. The molecule has 0 radical (unpaired) electrons. The van der Waals surface area contributed by atoms with Gasteiger partial charge in [-0.2, -0.15) is 0 Å². The number of allylic oxidation sites excluding steroid dienone is 1. The fourth-order valence-corrected chi connectivity index (χ4v) is 1.81. The Kier molecular flexibility index (Phi) is 3.61. The molecular weight excluding hydrogens is 252 g/mol. The van der Waals surface area contributed by atoms with Gasteiger partial charge in [-0.15, -0.1) is 0 Å². The number of benzene rings is 2. The van der Waals surface area contributed by atoms with Crippen LogP contribution in [0, 0.1) is 0 Å². The Morgan fingerprint density at radius 3 is 2.05 bits per heavy atom. The van der Waals surface area contributed by atoms with Crippen LogP contribution in [0.5, 0.6) is 0 Å². The van der Waals surface area contributed by atoms with Crippen molar-refractivity contribution in [2.75, 3.05) is 22.9 Å². The largest absolute Gasteiger partial charge is 0.399 e. The van der Waals surface area contributed by atoms with Gasteiger partial charge >= 0.3 is 0 Å². The second-order valence-electron chi connectivity index (χ2n) is 4.43. The smallest absolute Gasteiger partial charge is 0.187 e. The summed E-state index contributed by atoms with van der Waals surface area (Å²) in [6.45, 7) is 0. The van der Waals surface area contributed by atoms with Gasteiger partial charge in [0.2, 0.25) is 0 Å². The van der Waals surface area contributed by atoms with Crippen LogP contribution in [-0.4, -0.2) is 5.78 Å². The van der Waals surface area contributed by atoms with E-state index in [1.807, 2.05) is 0 Å². The highest BCUT2D eigenvalue weighted by Gasteiger charge is 2.06. The maximum atomic E-state index is 12.1. The van der Waals surface area contributed by atoms with Crippen LogP contribution in [0.2, 0.25) is 0 Å². The monoisotopic (exact) mass is 268 g/mol. The normalized spacial score (nSPS) is 10.8. The summed E-state index contributed by atoms with van der Waals surface area (Å²) < 4.78 is 0. The lowest BCUT2D eigenvalue weighted by Gasteiger charge is -2.04. The van der Waals surface area contributed by atoms with Gasteiger partial charge in [0.15, 0.2) is 5.78 Å². The molecule has 20 heavy (non-hydrogen) atoms. The third kappa shape index (κ3) is 2.89. The van der Waals surface area contributed by atoms with E-state index >= 15 is 0 Å². The number of carbonyl (C=O) groups excluding carboxylic acids is 1. The first-order chi connectivity index (χ1) is 9.47. The van der Waals surface area contributed by atoms with Gasteiger partial charge in [0.25, 0.3) is 0 Å². The van der Waals surface area contributed by atoms with Crippen molar-refractivity contribution in [3.05, 3.63) is 53.6 Å². The van der Waals surface area contributed by atoms with Gasteiger partial charge in [0, 0.05) is 28.3 Å². The fourth-order valence-electron chi connectivity index (χ4n) is 1.81. The van der Waals surface area contributed by atoms with Gasteiger partial charge in [-0.1, -0.05) is 6.07 Å². The molecule has 0 aromatic heterocycles. The lowest BCUT2D eigenvalue weighted by Crippen LogP contribution is -2.02. The van der Waals surface area contributed by atoms with E-state index in [1.165, 1.54) is 6.08 Å². The molecule has 2 aromatic carbocycles. The van der Waals surface area contributed by atoms with Crippen molar-refractivity contribution in [1.82, 2.24) is 0 Å². The van der Waals surface area contributed by atoms with Crippen molar-refractivity contribution in [2.45, 2.75) is 0 Å². The van der Waals surface area contributed by atoms with Gasteiger partial charge in [-0.05, 0) is 48.0 Å². The average Bonchev–Trinajstić information content (AvgIpc) is 2.37. The van der Waals surface area contributed by atoms with E-state index in [2.05, 4.69) is 0 Å². The zero-order chi connectivity index (χ0) is 14.7. The number of ketones is 1. The highest BCUT2D eigenvalue weighted by molar-refractivity contribution is 6.10. The lowest BCUT2D eigenvalue weighted by atomic mass is 10.1. The minimum absolute atomic E-state index is 0.210. The van der Waals surface area contributed by atoms with Gasteiger partial charge in [0.1, 0.15) is 0 Å². The zero-order valence-corrected chi connectivity index (χ0v) is 10.8. The number of anilines is 4. The molecule has 5 nitrogen and oxygen atoms in total. The number of nitrogen functional groups attached to an aromatic ring is 4. The molecule has 0 aliphatic heterocycles. The van der Waals surface area contributed by atoms with Crippen LogP contribution in [0.3, 0.4) is 0 Å². The Labute approximate surface area is 116 Å². The van der Waals surface area contributed by atoms with Crippen LogP contribution in [0.4, 0.5) is 22.7 Å². The highest BCUT2D eigenvalue weighted by atomic mass is 16.1. The molecule has 0 spiro atoms. The van der Waals surface area contributed by atoms with E-state index in [-0.39, 0.29) is 5.78 Å². The zero-order valence-electron chi connectivity index (χ0n) is 10.8. The predicted octanol–water partition coefficient (Wildman–Crippen LogP) is 1.91. The van der Waals surface area contributed by atoms with E-state index in [1.54, 1.807) is 42.5 Å². The molecule has 0 atom stereocenters. The number of hydrogen-bond acceptors (Lipinski definition) is 5. The van der Waals surface area contributed by atoms with Crippen molar-refractivity contribution in [1.29, 1.82) is 0 Å². The van der Waals surface area contributed by atoms with Crippen LogP contribution in [-0.2, 0) is 0 Å². The number of carbonyl (C=O) groups is 1. The molecule has 0 aliphatic carbocycles. The minimum Gasteiger partial charge on any atom is -0.399 e. The molecule has 0 bridgehead atoms. The molecule has 102 valence electrons.